The molecule has 20 heavy (non-hydrogen) atoms. The summed E-state index contributed by atoms with van der Waals surface area (Å²) in [6.07, 6.45) is -1.49. The summed E-state index contributed by atoms with van der Waals surface area (Å²) in [5.41, 5.74) is 18.7. The minimum Gasteiger partial charge on any atom is -0.399 e. The first-order chi connectivity index (χ1) is 9.05. The van der Waals surface area contributed by atoms with Gasteiger partial charge in [0.25, 0.3) is 0 Å². The van der Waals surface area contributed by atoms with Crippen LogP contribution in [0.25, 0.3) is 0 Å². The van der Waals surface area contributed by atoms with Gasteiger partial charge < -0.3 is 22.9 Å². The van der Waals surface area contributed by atoms with Crippen molar-refractivity contribution in [2.45, 2.75) is 17.4 Å². The Labute approximate surface area is 113 Å². The minimum absolute atomic E-state index is 0.252. The van der Waals surface area contributed by atoms with Crippen LogP contribution in [-0.4, -0.2) is 11.8 Å². The number of hydrogen-bond donors (Lipinski definition) is 4. The van der Waals surface area contributed by atoms with E-state index in [1.54, 1.807) is 0 Å². The quantitative estimate of drug-likeness (QED) is 0.352. The first kappa shape index (κ1) is 14.6. The van der Waals surface area contributed by atoms with Gasteiger partial charge in [-0.3, -0.25) is 0 Å². The zero-order valence-electron chi connectivity index (χ0n) is 10.5. The first-order valence-electron chi connectivity index (χ1n) is 5.78. The van der Waals surface area contributed by atoms with Gasteiger partial charge in [-0.15, -0.1) is 0 Å². The fourth-order valence-electron chi connectivity index (χ4n) is 2.11. The van der Waals surface area contributed by atoms with Gasteiger partial charge in [0.05, 0.1) is 11.1 Å². The third kappa shape index (κ3) is 2.55. The predicted molar refractivity (Wildman–Crippen MR) is 71.1 cm³/mol. The molecule has 0 fully saturated rings. The monoisotopic (exact) mass is 284 g/mol. The van der Waals surface area contributed by atoms with Crippen LogP contribution in [0, 0.1) is 0 Å². The average molecular weight is 284 g/mol. The van der Waals surface area contributed by atoms with Crippen LogP contribution in [0.3, 0.4) is 0 Å². The van der Waals surface area contributed by atoms with E-state index < -0.39 is 23.0 Å². The van der Waals surface area contributed by atoms with Crippen LogP contribution in [-0.2, 0) is 5.54 Å². The van der Waals surface area contributed by atoms with Gasteiger partial charge in [-0.05, 0) is 29.8 Å². The van der Waals surface area contributed by atoms with E-state index in [0.717, 1.165) is 6.08 Å². The lowest BCUT2D eigenvalue weighted by Gasteiger charge is -2.37. The molecular weight excluding hydrogens is 269 g/mol. The maximum atomic E-state index is 13.2. The molecule has 0 bridgehead atoms. The highest BCUT2D eigenvalue weighted by Crippen LogP contribution is 2.42. The van der Waals surface area contributed by atoms with Crippen molar-refractivity contribution in [3.05, 3.63) is 53.6 Å². The second kappa shape index (κ2) is 4.34. The van der Waals surface area contributed by atoms with Crippen molar-refractivity contribution in [1.82, 2.24) is 0 Å². The highest BCUT2D eigenvalue weighted by molar-refractivity contribution is 5.51. The molecule has 0 spiro atoms. The zero-order valence-corrected chi connectivity index (χ0v) is 10.5. The van der Waals surface area contributed by atoms with E-state index in [2.05, 4.69) is 0 Å². The molecule has 0 aliphatic heterocycles. The van der Waals surface area contributed by atoms with Crippen molar-refractivity contribution in [3.8, 4) is 0 Å². The van der Waals surface area contributed by atoms with Crippen molar-refractivity contribution >= 4 is 5.69 Å². The molecule has 1 atom stereocenters. The number of benzene rings is 1. The molecule has 8 N–H and O–H groups in total. The summed E-state index contributed by atoms with van der Waals surface area (Å²) in [7, 11) is 0. The minimum atomic E-state index is -4.65. The van der Waals surface area contributed by atoms with Gasteiger partial charge in [0.15, 0.2) is 0 Å². The van der Waals surface area contributed by atoms with E-state index in [-0.39, 0.29) is 5.56 Å². The summed E-state index contributed by atoms with van der Waals surface area (Å²) in [6, 6.07) is 5.86. The van der Waals surface area contributed by atoms with E-state index in [4.69, 9.17) is 22.9 Å². The van der Waals surface area contributed by atoms with E-state index >= 15 is 0 Å². The van der Waals surface area contributed by atoms with Crippen molar-refractivity contribution in [3.63, 3.8) is 0 Å². The number of halogens is 3. The summed E-state index contributed by atoms with van der Waals surface area (Å²) in [5, 5.41) is 0. The molecule has 2 rings (SSSR count). The number of nitrogen functional groups attached to an aromatic ring is 1. The molecular formula is C13H15F3N4. The van der Waals surface area contributed by atoms with Crippen molar-refractivity contribution < 1.29 is 13.2 Å². The highest BCUT2D eigenvalue weighted by atomic mass is 19.4. The number of hydrogen-bond acceptors (Lipinski definition) is 4. The Morgan fingerprint density at radius 2 is 1.45 bits per heavy atom. The smallest absolute Gasteiger partial charge is 0.399 e. The van der Waals surface area contributed by atoms with Crippen LogP contribution in [0.5, 0.6) is 0 Å². The van der Waals surface area contributed by atoms with Crippen LogP contribution >= 0.6 is 0 Å². The number of rotatable bonds is 1. The molecule has 1 aliphatic carbocycles. The Hall–Kier alpha value is -1.83. The molecule has 0 heterocycles. The Morgan fingerprint density at radius 1 is 0.900 bits per heavy atom. The Kier molecular flexibility index (Phi) is 3.16. The molecule has 1 unspecified atom stereocenters. The molecule has 1 aromatic rings. The molecule has 108 valence electrons. The molecule has 4 nitrogen and oxygen atoms in total. The van der Waals surface area contributed by atoms with Gasteiger partial charge in [-0.25, -0.2) is 0 Å². The maximum absolute atomic E-state index is 13.2. The Balaban J connectivity index is 2.59. The molecule has 0 radical (unpaired) electrons. The number of nitrogens with two attached hydrogens (primary N) is 4. The third-order valence-electron chi connectivity index (χ3n) is 3.17. The van der Waals surface area contributed by atoms with Crippen molar-refractivity contribution in [2.75, 3.05) is 5.73 Å². The predicted octanol–water partition coefficient (Wildman–Crippen LogP) is 1.10. The second-order valence-electron chi connectivity index (χ2n) is 4.88. The number of alkyl halides is 3. The third-order valence-corrected chi connectivity index (χ3v) is 3.17. The van der Waals surface area contributed by atoms with Crippen LogP contribution in [0.2, 0.25) is 0 Å². The van der Waals surface area contributed by atoms with Crippen LogP contribution in [0.4, 0.5) is 18.9 Å². The van der Waals surface area contributed by atoms with Crippen molar-refractivity contribution in [1.29, 1.82) is 0 Å². The van der Waals surface area contributed by atoms with Gasteiger partial charge in [0.2, 0.25) is 0 Å². The van der Waals surface area contributed by atoms with Crippen LogP contribution < -0.4 is 22.9 Å². The fourth-order valence-corrected chi connectivity index (χ4v) is 2.11. The standard InChI is InChI=1S/C13H15F3N4/c14-13(15,16)10-7-11(18,19)5-6-12(10,20)8-1-3-9(17)4-2-8/h1-7H,17-20H2. The van der Waals surface area contributed by atoms with E-state index in [1.165, 1.54) is 36.4 Å². The van der Waals surface area contributed by atoms with Gasteiger partial charge in [0, 0.05) is 5.69 Å². The summed E-state index contributed by atoms with van der Waals surface area (Å²) in [4.78, 5) is 0. The van der Waals surface area contributed by atoms with E-state index in [1.807, 2.05) is 0 Å². The lowest BCUT2D eigenvalue weighted by atomic mass is 9.77. The average Bonchev–Trinajstić information content (AvgIpc) is 2.32. The molecule has 0 aromatic heterocycles. The molecule has 0 saturated carbocycles. The summed E-state index contributed by atoms with van der Waals surface area (Å²) >= 11 is 0. The normalized spacial score (nSPS) is 25.4. The zero-order chi connectivity index (χ0) is 15.2. The highest BCUT2D eigenvalue weighted by Gasteiger charge is 2.48. The largest absolute Gasteiger partial charge is 0.414 e. The van der Waals surface area contributed by atoms with Crippen LogP contribution in [0.15, 0.2) is 48.1 Å². The summed E-state index contributed by atoms with van der Waals surface area (Å²) in [6.45, 7) is 0. The van der Waals surface area contributed by atoms with E-state index in [9.17, 15) is 13.2 Å². The fraction of sp³-hybridized carbons (Fsp3) is 0.231. The second-order valence-corrected chi connectivity index (χ2v) is 4.88. The Morgan fingerprint density at radius 3 is 1.95 bits per heavy atom. The Bertz CT molecular complexity index is 572. The SMILES string of the molecule is Nc1ccc(C2(N)C=CC(N)(N)C=C2C(F)(F)F)cc1. The molecule has 1 aliphatic rings. The summed E-state index contributed by atoms with van der Waals surface area (Å²) < 4.78 is 39.7. The van der Waals surface area contributed by atoms with Crippen LogP contribution in [0.1, 0.15) is 5.56 Å². The van der Waals surface area contributed by atoms with Gasteiger partial charge >= 0.3 is 6.18 Å². The molecule has 1 aromatic carbocycles. The first-order valence-corrected chi connectivity index (χ1v) is 5.78. The summed E-state index contributed by atoms with van der Waals surface area (Å²) in [5.74, 6) is 0. The topological polar surface area (TPSA) is 104 Å². The van der Waals surface area contributed by atoms with Gasteiger partial charge in [-0.2, -0.15) is 13.2 Å². The lowest BCUT2D eigenvalue weighted by Crippen LogP contribution is -2.53. The lowest BCUT2D eigenvalue weighted by molar-refractivity contribution is -0.1000. The van der Waals surface area contributed by atoms with E-state index in [0.29, 0.717) is 5.69 Å². The molecule has 0 amide bonds. The van der Waals surface area contributed by atoms with Crippen molar-refractivity contribution in [2.24, 2.45) is 17.2 Å². The number of anilines is 1. The van der Waals surface area contributed by atoms with Gasteiger partial charge in [0.1, 0.15) is 5.66 Å². The molecule has 0 saturated heterocycles. The maximum Gasteiger partial charge on any atom is 0.414 e. The van der Waals surface area contributed by atoms with Gasteiger partial charge in [-0.1, -0.05) is 18.2 Å². The molecule has 7 heteroatoms.